The summed E-state index contributed by atoms with van der Waals surface area (Å²) in [5.74, 6) is 0.486. The second-order valence-electron chi connectivity index (χ2n) is 4.45. The highest BCUT2D eigenvalue weighted by molar-refractivity contribution is 5.79. The zero-order valence-corrected chi connectivity index (χ0v) is 12.6. The van der Waals surface area contributed by atoms with Crippen LogP contribution < -0.4 is 15.4 Å². The number of aliphatic hydroxyl groups is 1. The lowest BCUT2D eigenvalue weighted by atomic mass is 10.2. The Balaban J connectivity index is 2.61. The Hall–Kier alpha value is -1.82. The summed E-state index contributed by atoms with van der Waals surface area (Å²) in [4.78, 5) is 4.38. The molecule has 0 bridgehead atoms. The minimum absolute atomic E-state index is 0.0351. The summed E-state index contributed by atoms with van der Waals surface area (Å²) in [5.41, 5.74) is 0. The van der Waals surface area contributed by atoms with Crippen LogP contribution in [-0.2, 0) is 0 Å². The maximum atomic E-state index is 13.6. The molecule has 0 saturated carbocycles. The van der Waals surface area contributed by atoms with E-state index in [4.69, 9.17) is 9.84 Å². The number of aliphatic hydroxyl groups excluding tert-OH is 1. The van der Waals surface area contributed by atoms with Crippen LogP contribution in [0, 0.1) is 5.82 Å². The predicted molar refractivity (Wildman–Crippen MR) is 82.2 cm³/mol. The summed E-state index contributed by atoms with van der Waals surface area (Å²) < 4.78 is 19.2. The lowest BCUT2D eigenvalue weighted by Gasteiger charge is -2.17. The number of para-hydroxylation sites is 1. The largest absolute Gasteiger partial charge is 0.485 e. The van der Waals surface area contributed by atoms with Gasteiger partial charge in [-0.15, -0.1) is 0 Å². The molecule has 0 aromatic heterocycles. The van der Waals surface area contributed by atoms with Gasteiger partial charge >= 0.3 is 0 Å². The summed E-state index contributed by atoms with van der Waals surface area (Å²) >= 11 is 0. The second kappa shape index (κ2) is 9.99. The van der Waals surface area contributed by atoms with Crippen molar-refractivity contribution in [1.29, 1.82) is 0 Å². The standard InChI is InChI=1S/C15H24FN3O2/c1-3-12(21-14-8-6-5-7-13(14)16)11-19-15(17-4-2)18-9-10-20/h5-8,12,20H,3-4,9-11H2,1-2H3,(H2,17,18,19). The van der Waals surface area contributed by atoms with Gasteiger partial charge in [-0.25, -0.2) is 9.38 Å². The van der Waals surface area contributed by atoms with E-state index in [9.17, 15) is 4.39 Å². The van der Waals surface area contributed by atoms with E-state index in [0.717, 1.165) is 13.0 Å². The molecule has 21 heavy (non-hydrogen) atoms. The molecule has 0 radical (unpaired) electrons. The molecule has 3 N–H and O–H groups in total. The van der Waals surface area contributed by atoms with Crippen LogP contribution in [0.4, 0.5) is 4.39 Å². The molecule has 1 aromatic rings. The van der Waals surface area contributed by atoms with Crippen molar-refractivity contribution in [2.75, 3.05) is 26.2 Å². The first-order valence-electron chi connectivity index (χ1n) is 7.25. The molecule has 0 saturated heterocycles. The zero-order valence-electron chi connectivity index (χ0n) is 12.6. The molecule has 5 nitrogen and oxygen atoms in total. The molecule has 0 aliphatic heterocycles. The summed E-state index contributed by atoms with van der Waals surface area (Å²) in [6, 6.07) is 6.35. The van der Waals surface area contributed by atoms with Gasteiger partial charge in [0.15, 0.2) is 17.5 Å². The van der Waals surface area contributed by atoms with Gasteiger partial charge in [0.1, 0.15) is 6.10 Å². The smallest absolute Gasteiger partial charge is 0.191 e. The normalized spacial score (nSPS) is 12.9. The van der Waals surface area contributed by atoms with E-state index in [1.54, 1.807) is 18.2 Å². The van der Waals surface area contributed by atoms with Crippen molar-refractivity contribution >= 4 is 5.96 Å². The quantitative estimate of drug-likeness (QED) is 0.503. The third-order valence-corrected chi connectivity index (χ3v) is 2.79. The highest BCUT2D eigenvalue weighted by Crippen LogP contribution is 2.18. The molecule has 0 aliphatic rings. The molecule has 1 atom stereocenters. The van der Waals surface area contributed by atoms with Crippen molar-refractivity contribution in [2.24, 2.45) is 4.99 Å². The van der Waals surface area contributed by atoms with Crippen LogP contribution in [0.5, 0.6) is 5.75 Å². The molecule has 0 fully saturated rings. The van der Waals surface area contributed by atoms with E-state index in [1.165, 1.54) is 6.07 Å². The Morgan fingerprint density at radius 2 is 2.10 bits per heavy atom. The molecule has 1 aromatic carbocycles. The van der Waals surface area contributed by atoms with Gasteiger partial charge in [0.2, 0.25) is 0 Å². The van der Waals surface area contributed by atoms with Gasteiger partial charge in [-0.1, -0.05) is 19.1 Å². The number of ether oxygens (including phenoxy) is 1. The number of benzene rings is 1. The Kier molecular flexibility index (Phi) is 8.19. The monoisotopic (exact) mass is 297 g/mol. The zero-order chi connectivity index (χ0) is 15.5. The minimum Gasteiger partial charge on any atom is -0.485 e. The van der Waals surface area contributed by atoms with Gasteiger partial charge in [0, 0.05) is 13.1 Å². The maximum absolute atomic E-state index is 13.6. The van der Waals surface area contributed by atoms with Crippen LogP contribution in [0.3, 0.4) is 0 Å². The highest BCUT2D eigenvalue weighted by Gasteiger charge is 2.11. The van der Waals surface area contributed by atoms with E-state index < -0.39 is 0 Å². The van der Waals surface area contributed by atoms with E-state index in [1.807, 2.05) is 13.8 Å². The lowest BCUT2D eigenvalue weighted by Crippen LogP contribution is -2.39. The number of nitrogens with one attached hydrogen (secondary N) is 2. The van der Waals surface area contributed by atoms with Crippen LogP contribution in [0.15, 0.2) is 29.3 Å². The predicted octanol–water partition coefficient (Wildman–Crippen LogP) is 1.53. The number of guanidine groups is 1. The molecule has 0 spiro atoms. The number of aliphatic imine (C=N–C) groups is 1. The first-order chi connectivity index (χ1) is 10.2. The van der Waals surface area contributed by atoms with Crippen LogP contribution in [-0.4, -0.2) is 43.4 Å². The van der Waals surface area contributed by atoms with Gasteiger partial charge in [0.25, 0.3) is 0 Å². The second-order valence-corrected chi connectivity index (χ2v) is 4.45. The van der Waals surface area contributed by atoms with Crippen LogP contribution >= 0.6 is 0 Å². The molecule has 1 rings (SSSR count). The molecule has 1 unspecified atom stereocenters. The minimum atomic E-state index is -0.370. The van der Waals surface area contributed by atoms with E-state index in [2.05, 4.69) is 15.6 Å². The Labute approximate surface area is 125 Å². The molecule has 118 valence electrons. The molecule has 6 heteroatoms. The van der Waals surface area contributed by atoms with Gasteiger partial charge in [-0.3, -0.25) is 0 Å². The number of rotatable bonds is 8. The third-order valence-electron chi connectivity index (χ3n) is 2.79. The first-order valence-corrected chi connectivity index (χ1v) is 7.25. The van der Waals surface area contributed by atoms with Gasteiger partial charge in [-0.2, -0.15) is 0 Å². The van der Waals surface area contributed by atoms with Crippen molar-refractivity contribution in [3.8, 4) is 5.75 Å². The first kappa shape index (κ1) is 17.2. The van der Waals surface area contributed by atoms with Crippen molar-refractivity contribution in [1.82, 2.24) is 10.6 Å². The molecular formula is C15H24FN3O2. The third kappa shape index (κ3) is 6.44. The van der Waals surface area contributed by atoms with E-state index in [-0.39, 0.29) is 24.3 Å². The molecular weight excluding hydrogens is 273 g/mol. The maximum Gasteiger partial charge on any atom is 0.191 e. The summed E-state index contributed by atoms with van der Waals surface area (Å²) in [6.45, 7) is 5.52. The van der Waals surface area contributed by atoms with Crippen molar-refractivity contribution < 1.29 is 14.2 Å². The highest BCUT2D eigenvalue weighted by atomic mass is 19.1. The van der Waals surface area contributed by atoms with Crippen LogP contribution in [0.1, 0.15) is 20.3 Å². The summed E-state index contributed by atoms with van der Waals surface area (Å²) in [7, 11) is 0. The lowest BCUT2D eigenvalue weighted by molar-refractivity contribution is 0.196. The van der Waals surface area contributed by atoms with Crippen LogP contribution in [0.25, 0.3) is 0 Å². The Bertz CT molecular complexity index is 441. The van der Waals surface area contributed by atoms with Crippen LogP contribution in [0.2, 0.25) is 0 Å². The van der Waals surface area contributed by atoms with Gasteiger partial charge in [0.05, 0.1) is 13.2 Å². The number of halogens is 1. The topological polar surface area (TPSA) is 65.9 Å². The molecule has 0 heterocycles. The fourth-order valence-electron chi connectivity index (χ4n) is 1.68. The number of nitrogens with zero attached hydrogens (tertiary/aromatic N) is 1. The number of hydrogen-bond acceptors (Lipinski definition) is 3. The molecule has 0 amide bonds. The average molecular weight is 297 g/mol. The summed E-state index contributed by atoms with van der Waals surface area (Å²) in [6.07, 6.45) is 0.517. The summed E-state index contributed by atoms with van der Waals surface area (Å²) in [5, 5.41) is 14.9. The van der Waals surface area contributed by atoms with E-state index in [0.29, 0.717) is 19.0 Å². The average Bonchev–Trinajstić information content (AvgIpc) is 2.50. The fraction of sp³-hybridized carbons (Fsp3) is 0.533. The molecule has 0 aliphatic carbocycles. The SMILES string of the molecule is CCNC(=NCC(CC)Oc1ccccc1F)NCCO. The van der Waals surface area contributed by atoms with Crippen molar-refractivity contribution in [2.45, 2.75) is 26.4 Å². The number of hydrogen-bond donors (Lipinski definition) is 3. The van der Waals surface area contributed by atoms with Crippen molar-refractivity contribution in [3.05, 3.63) is 30.1 Å². The Morgan fingerprint density at radius 1 is 1.33 bits per heavy atom. The van der Waals surface area contributed by atoms with Gasteiger partial charge < -0.3 is 20.5 Å². The van der Waals surface area contributed by atoms with Crippen molar-refractivity contribution in [3.63, 3.8) is 0 Å². The van der Waals surface area contributed by atoms with E-state index >= 15 is 0 Å². The van der Waals surface area contributed by atoms with Gasteiger partial charge in [-0.05, 0) is 25.5 Å². The fourth-order valence-corrected chi connectivity index (χ4v) is 1.68. The Morgan fingerprint density at radius 3 is 2.71 bits per heavy atom.